The van der Waals surface area contributed by atoms with Crippen LogP contribution in [-0.4, -0.2) is 17.6 Å². The first-order valence-corrected chi connectivity index (χ1v) is 5.80. The van der Waals surface area contributed by atoms with Gasteiger partial charge in [0.25, 0.3) is 0 Å². The Morgan fingerprint density at radius 3 is 2.94 bits per heavy atom. The third-order valence-corrected chi connectivity index (χ3v) is 3.08. The average Bonchev–Trinajstić information content (AvgIpc) is 2.34. The SMILES string of the molecule is CCOC(=O)c1cc(Cl)c(Cl)c2cccnc12. The maximum absolute atomic E-state index is 11.8. The second-order valence-electron chi connectivity index (χ2n) is 3.34. The molecule has 0 atom stereocenters. The van der Waals surface area contributed by atoms with E-state index in [1.807, 2.05) is 0 Å². The Hall–Kier alpha value is -1.32. The molecule has 0 spiro atoms. The van der Waals surface area contributed by atoms with Gasteiger partial charge in [-0.25, -0.2) is 4.79 Å². The van der Waals surface area contributed by atoms with E-state index >= 15 is 0 Å². The molecule has 0 N–H and O–H groups in total. The van der Waals surface area contributed by atoms with E-state index in [4.69, 9.17) is 27.9 Å². The quantitative estimate of drug-likeness (QED) is 0.781. The summed E-state index contributed by atoms with van der Waals surface area (Å²) in [7, 11) is 0. The molecule has 0 aliphatic carbocycles. The first-order chi connectivity index (χ1) is 8.15. The summed E-state index contributed by atoms with van der Waals surface area (Å²) in [5.74, 6) is -0.449. The van der Waals surface area contributed by atoms with E-state index in [2.05, 4.69) is 4.98 Å². The van der Waals surface area contributed by atoms with Crippen molar-refractivity contribution in [2.24, 2.45) is 0 Å². The smallest absolute Gasteiger partial charge is 0.340 e. The van der Waals surface area contributed by atoms with Gasteiger partial charge in [0.1, 0.15) is 0 Å². The standard InChI is InChI=1S/C12H9Cl2NO2/c1-2-17-12(16)8-6-9(13)10(14)7-4-3-5-15-11(7)8/h3-6H,2H2,1H3. The van der Waals surface area contributed by atoms with Crippen LogP contribution in [0.15, 0.2) is 24.4 Å². The van der Waals surface area contributed by atoms with Crippen molar-refractivity contribution < 1.29 is 9.53 Å². The van der Waals surface area contributed by atoms with E-state index in [1.54, 1.807) is 25.3 Å². The molecule has 88 valence electrons. The highest BCUT2D eigenvalue weighted by Crippen LogP contribution is 2.32. The normalized spacial score (nSPS) is 10.5. The Morgan fingerprint density at radius 1 is 1.47 bits per heavy atom. The molecule has 1 heterocycles. The van der Waals surface area contributed by atoms with Crippen molar-refractivity contribution in [3.05, 3.63) is 40.0 Å². The van der Waals surface area contributed by atoms with Gasteiger partial charge in [-0.05, 0) is 25.1 Å². The van der Waals surface area contributed by atoms with Gasteiger partial charge >= 0.3 is 5.97 Å². The summed E-state index contributed by atoms with van der Waals surface area (Å²) < 4.78 is 4.95. The summed E-state index contributed by atoms with van der Waals surface area (Å²) in [5, 5.41) is 1.35. The third-order valence-electron chi connectivity index (χ3n) is 2.28. The first-order valence-electron chi connectivity index (χ1n) is 5.05. The molecule has 0 fully saturated rings. The number of ether oxygens (including phenoxy) is 1. The zero-order valence-corrected chi connectivity index (χ0v) is 10.5. The van der Waals surface area contributed by atoms with Gasteiger partial charge in [0.15, 0.2) is 0 Å². The number of nitrogens with zero attached hydrogens (tertiary/aromatic N) is 1. The van der Waals surface area contributed by atoms with Crippen LogP contribution in [0.3, 0.4) is 0 Å². The molecule has 0 bridgehead atoms. The minimum Gasteiger partial charge on any atom is -0.462 e. The summed E-state index contributed by atoms with van der Waals surface area (Å²) in [6.07, 6.45) is 1.59. The van der Waals surface area contributed by atoms with Crippen molar-refractivity contribution in [1.82, 2.24) is 4.98 Å². The van der Waals surface area contributed by atoms with Crippen LogP contribution in [-0.2, 0) is 4.74 Å². The van der Waals surface area contributed by atoms with Crippen LogP contribution in [0.4, 0.5) is 0 Å². The Morgan fingerprint density at radius 2 is 2.24 bits per heavy atom. The maximum Gasteiger partial charge on any atom is 0.340 e. The summed E-state index contributed by atoms with van der Waals surface area (Å²) in [4.78, 5) is 15.9. The van der Waals surface area contributed by atoms with Crippen LogP contribution < -0.4 is 0 Å². The number of fused-ring (bicyclic) bond motifs is 1. The van der Waals surface area contributed by atoms with Gasteiger partial charge < -0.3 is 4.74 Å². The van der Waals surface area contributed by atoms with E-state index in [1.165, 1.54) is 6.07 Å². The van der Waals surface area contributed by atoms with Crippen LogP contribution in [0.1, 0.15) is 17.3 Å². The molecular formula is C12H9Cl2NO2. The van der Waals surface area contributed by atoms with Crippen molar-refractivity contribution in [1.29, 1.82) is 0 Å². The molecule has 0 aliphatic rings. The minimum atomic E-state index is -0.449. The number of hydrogen-bond acceptors (Lipinski definition) is 3. The Kier molecular flexibility index (Phi) is 3.50. The number of hydrogen-bond donors (Lipinski definition) is 0. The molecule has 0 saturated heterocycles. The lowest BCUT2D eigenvalue weighted by Gasteiger charge is -2.08. The van der Waals surface area contributed by atoms with Crippen molar-refractivity contribution in [3.8, 4) is 0 Å². The van der Waals surface area contributed by atoms with Gasteiger partial charge in [-0.2, -0.15) is 0 Å². The fourth-order valence-corrected chi connectivity index (χ4v) is 1.97. The lowest BCUT2D eigenvalue weighted by atomic mass is 10.1. The molecule has 2 rings (SSSR count). The zero-order chi connectivity index (χ0) is 12.4. The number of aromatic nitrogens is 1. The number of halogens is 2. The highest BCUT2D eigenvalue weighted by Gasteiger charge is 2.16. The molecule has 3 nitrogen and oxygen atoms in total. The molecule has 0 amide bonds. The fraction of sp³-hybridized carbons (Fsp3) is 0.167. The molecule has 1 aromatic carbocycles. The molecule has 0 aliphatic heterocycles. The maximum atomic E-state index is 11.8. The van der Waals surface area contributed by atoms with Crippen LogP contribution in [0.2, 0.25) is 10.0 Å². The van der Waals surface area contributed by atoms with Gasteiger partial charge in [0.2, 0.25) is 0 Å². The minimum absolute atomic E-state index is 0.299. The van der Waals surface area contributed by atoms with E-state index in [0.29, 0.717) is 33.1 Å². The van der Waals surface area contributed by atoms with E-state index in [-0.39, 0.29) is 0 Å². The van der Waals surface area contributed by atoms with Crippen molar-refractivity contribution >= 4 is 40.1 Å². The number of rotatable bonds is 2. The average molecular weight is 270 g/mol. The molecule has 0 radical (unpaired) electrons. The number of pyridine rings is 1. The van der Waals surface area contributed by atoms with Gasteiger partial charge in [-0.15, -0.1) is 0 Å². The van der Waals surface area contributed by atoms with Crippen molar-refractivity contribution in [2.45, 2.75) is 6.92 Å². The number of carbonyl (C=O) groups excluding carboxylic acids is 1. The highest BCUT2D eigenvalue weighted by molar-refractivity contribution is 6.45. The first kappa shape index (κ1) is 12.1. The van der Waals surface area contributed by atoms with E-state index < -0.39 is 5.97 Å². The highest BCUT2D eigenvalue weighted by atomic mass is 35.5. The molecule has 1 aromatic heterocycles. The largest absolute Gasteiger partial charge is 0.462 e. The number of benzene rings is 1. The van der Waals surface area contributed by atoms with E-state index in [0.717, 1.165) is 0 Å². The monoisotopic (exact) mass is 269 g/mol. The van der Waals surface area contributed by atoms with Crippen LogP contribution in [0.25, 0.3) is 10.9 Å². The summed E-state index contributed by atoms with van der Waals surface area (Å²) in [5.41, 5.74) is 0.831. The molecule has 0 saturated carbocycles. The van der Waals surface area contributed by atoms with Crippen LogP contribution >= 0.6 is 23.2 Å². The number of carbonyl (C=O) groups is 1. The summed E-state index contributed by atoms with van der Waals surface area (Å²) in [6, 6.07) is 4.98. The molecule has 5 heteroatoms. The van der Waals surface area contributed by atoms with Crippen LogP contribution in [0.5, 0.6) is 0 Å². The van der Waals surface area contributed by atoms with Gasteiger partial charge in [0, 0.05) is 11.6 Å². The Balaban J connectivity index is 2.71. The predicted molar refractivity (Wildman–Crippen MR) is 67.7 cm³/mol. The van der Waals surface area contributed by atoms with Crippen molar-refractivity contribution in [3.63, 3.8) is 0 Å². The Labute approximate surface area is 108 Å². The predicted octanol–water partition coefficient (Wildman–Crippen LogP) is 3.72. The lowest BCUT2D eigenvalue weighted by molar-refractivity contribution is 0.0528. The van der Waals surface area contributed by atoms with Gasteiger partial charge in [-0.1, -0.05) is 23.2 Å². The molecule has 0 unspecified atom stereocenters. The number of esters is 1. The second-order valence-corrected chi connectivity index (χ2v) is 4.13. The van der Waals surface area contributed by atoms with E-state index in [9.17, 15) is 4.79 Å². The molecular weight excluding hydrogens is 261 g/mol. The van der Waals surface area contributed by atoms with Crippen LogP contribution in [0, 0.1) is 0 Å². The fourth-order valence-electron chi connectivity index (χ4n) is 1.55. The van der Waals surface area contributed by atoms with Gasteiger partial charge in [0.05, 0.1) is 27.7 Å². The lowest BCUT2D eigenvalue weighted by Crippen LogP contribution is -2.06. The second kappa shape index (κ2) is 4.90. The third kappa shape index (κ3) is 2.21. The topological polar surface area (TPSA) is 39.2 Å². The molecule has 2 aromatic rings. The Bertz CT molecular complexity index is 584. The van der Waals surface area contributed by atoms with Gasteiger partial charge in [-0.3, -0.25) is 4.98 Å². The zero-order valence-electron chi connectivity index (χ0n) is 9.04. The molecule has 17 heavy (non-hydrogen) atoms. The van der Waals surface area contributed by atoms with Crippen molar-refractivity contribution in [2.75, 3.05) is 6.61 Å². The summed E-state index contributed by atoms with van der Waals surface area (Å²) in [6.45, 7) is 2.04. The summed E-state index contributed by atoms with van der Waals surface area (Å²) >= 11 is 12.0.